The van der Waals surface area contributed by atoms with Crippen LogP contribution >= 0.6 is 27.7 Å². The van der Waals surface area contributed by atoms with Gasteiger partial charge in [-0.2, -0.15) is 9.61 Å². The molecule has 1 fully saturated rings. The third-order valence-electron chi connectivity index (χ3n) is 3.95. The van der Waals surface area contributed by atoms with Gasteiger partial charge in [-0.3, -0.25) is 0 Å². The molecule has 2 aromatic heterocycles. The average molecular weight is 390 g/mol. The highest BCUT2D eigenvalue weighted by Gasteiger charge is 2.21. The Kier molecular flexibility index (Phi) is 3.90. The number of rotatable bonds is 3. The zero-order chi connectivity index (χ0) is 15.8. The third-order valence-corrected chi connectivity index (χ3v) is 5.73. The van der Waals surface area contributed by atoms with Crippen LogP contribution in [0.5, 0.6) is 0 Å². The summed E-state index contributed by atoms with van der Waals surface area (Å²) in [7, 11) is 0. The van der Waals surface area contributed by atoms with Crippen molar-refractivity contribution in [1.29, 1.82) is 0 Å². The predicted octanol–water partition coefficient (Wildman–Crippen LogP) is 3.83. The van der Waals surface area contributed by atoms with Crippen LogP contribution in [0.1, 0.15) is 12.8 Å². The Labute approximate surface area is 147 Å². The standard InChI is InChI=1S/C16H16BrN5S/c17-13-14(18)22-15(20-16(13)21-8-4-5-9-21)12(10-19-22)23-11-6-2-1-3-7-11/h1-3,6-7,10H,4-5,8-9,18H2. The first-order valence-electron chi connectivity index (χ1n) is 7.54. The topological polar surface area (TPSA) is 59.5 Å². The number of fused-ring (bicyclic) bond motifs is 1. The van der Waals surface area contributed by atoms with Gasteiger partial charge in [0.15, 0.2) is 5.65 Å². The summed E-state index contributed by atoms with van der Waals surface area (Å²) in [6.07, 6.45) is 4.23. The van der Waals surface area contributed by atoms with Gasteiger partial charge < -0.3 is 10.6 Å². The number of nitrogens with zero attached hydrogens (tertiary/aromatic N) is 4. The van der Waals surface area contributed by atoms with Crippen LogP contribution in [0, 0.1) is 0 Å². The summed E-state index contributed by atoms with van der Waals surface area (Å²) in [5.41, 5.74) is 7.08. The maximum atomic E-state index is 6.27. The van der Waals surface area contributed by atoms with Gasteiger partial charge in [0.25, 0.3) is 0 Å². The fourth-order valence-electron chi connectivity index (χ4n) is 2.79. The summed E-state index contributed by atoms with van der Waals surface area (Å²) in [5.74, 6) is 1.51. The highest BCUT2D eigenvalue weighted by Crippen LogP contribution is 2.36. The van der Waals surface area contributed by atoms with Crippen LogP contribution in [0.15, 0.2) is 50.8 Å². The molecule has 1 aliphatic rings. The molecule has 0 atom stereocenters. The highest BCUT2D eigenvalue weighted by molar-refractivity contribution is 9.10. The molecule has 0 aliphatic carbocycles. The van der Waals surface area contributed by atoms with E-state index in [1.807, 2.05) is 24.4 Å². The van der Waals surface area contributed by atoms with E-state index < -0.39 is 0 Å². The van der Waals surface area contributed by atoms with Crippen molar-refractivity contribution in [2.45, 2.75) is 22.6 Å². The quantitative estimate of drug-likeness (QED) is 0.737. The lowest BCUT2D eigenvalue weighted by molar-refractivity contribution is 0.898. The Hall–Kier alpha value is -1.73. The van der Waals surface area contributed by atoms with E-state index in [9.17, 15) is 0 Å². The van der Waals surface area contributed by atoms with Crippen molar-refractivity contribution >= 4 is 45.0 Å². The minimum atomic E-state index is 0.594. The fraction of sp³-hybridized carbons (Fsp3) is 0.250. The minimum Gasteiger partial charge on any atom is -0.383 e. The van der Waals surface area contributed by atoms with E-state index in [2.05, 4.69) is 38.1 Å². The first-order valence-corrected chi connectivity index (χ1v) is 9.15. The molecule has 1 aromatic carbocycles. The van der Waals surface area contributed by atoms with Crippen molar-refractivity contribution in [3.8, 4) is 0 Å². The molecule has 0 unspecified atom stereocenters. The van der Waals surface area contributed by atoms with E-state index in [0.29, 0.717) is 5.82 Å². The summed E-state index contributed by atoms with van der Waals surface area (Å²) < 4.78 is 2.53. The van der Waals surface area contributed by atoms with Gasteiger partial charge in [-0.05, 0) is 40.9 Å². The van der Waals surface area contributed by atoms with Gasteiger partial charge in [-0.15, -0.1) is 0 Å². The van der Waals surface area contributed by atoms with Crippen molar-refractivity contribution in [3.63, 3.8) is 0 Å². The van der Waals surface area contributed by atoms with Gasteiger partial charge in [0.2, 0.25) is 0 Å². The summed E-state index contributed by atoms with van der Waals surface area (Å²) in [5, 5.41) is 4.40. The number of anilines is 2. The molecule has 118 valence electrons. The molecule has 4 rings (SSSR count). The molecule has 0 radical (unpaired) electrons. The van der Waals surface area contributed by atoms with Crippen LogP contribution in [0.25, 0.3) is 5.65 Å². The Bertz CT molecular complexity index is 843. The molecule has 1 saturated heterocycles. The fourth-order valence-corrected chi connectivity index (χ4v) is 4.17. The molecule has 23 heavy (non-hydrogen) atoms. The number of aromatic nitrogens is 3. The smallest absolute Gasteiger partial charge is 0.173 e. The molecular formula is C16H16BrN5S. The number of hydrogen-bond acceptors (Lipinski definition) is 5. The maximum Gasteiger partial charge on any atom is 0.173 e. The Morgan fingerprint density at radius 3 is 2.61 bits per heavy atom. The zero-order valence-corrected chi connectivity index (χ0v) is 14.8. The monoisotopic (exact) mass is 389 g/mol. The van der Waals surface area contributed by atoms with Crippen LogP contribution in [0.3, 0.4) is 0 Å². The van der Waals surface area contributed by atoms with E-state index in [-0.39, 0.29) is 0 Å². The van der Waals surface area contributed by atoms with E-state index in [1.165, 1.54) is 12.8 Å². The van der Waals surface area contributed by atoms with Crippen molar-refractivity contribution < 1.29 is 0 Å². The molecule has 5 nitrogen and oxygen atoms in total. The Morgan fingerprint density at radius 1 is 1.13 bits per heavy atom. The van der Waals surface area contributed by atoms with Gasteiger partial charge in [-0.25, -0.2) is 4.98 Å². The lowest BCUT2D eigenvalue weighted by Gasteiger charge is -2.19. The van der Waals surface area contributed by atoms with E-state index in [1.54, 1.807) is 16.3 Å². The van der Waals surface area contributed by atoms with Gasteiger partial charge in [0.05, 0.1) is 11.1 Å². The molecule has 0 saturated carbocycles. The number of halogens is 1. The van der Waals surface area contributed by atoms with Gasteiger partial charge in [-0.1, -0.05) is 30.0 Å². The molecule has 0 spiro atoms. The van der Waals surface area contributed by atoms with E-state index in [4.69, 9.17) is 10.7 Å². The molecular weight excluding hydrogens is 374 g/mol. The van der Waals surface area contributed by atoms with Crippen LogP contribution < -0.4 is 10.6 Å². The Balaban J connectivity index is 1.80. The van der Waals surface area contributed by atoms with Crippen molar-refractivity contribution in [1.82, 2.24) is 14.6 Å². The summed E-state index contributed by atoms with van der Waals surface area (Å²) in [4.78, 5) is 9.31. The summed E-state index contributed by atoms with van der Waals surface area (Å²) >= 11 is 5.24. The van der Waals surface area contributed by atoms with Crippen LogP contribution in [-0.4, -0.2) is 27.7 Å². The van der Waals surface area contributed by atoms with Gasteiger partial charge in [0, 0.05) is 18.0 Å². The molecule has 0 amide bonds. The van der Waals surface area contributed by atoms with Crippen LogP contribution in [0.2, 0.25) is 0 Å². The molecule has 2 N–H and O–H groups in total. The number of nitrogen functional groups attached to an aromatic ring is 1. The molecule has 0 bridgehead atoms. The molecule has 1 aliphatic heterocycles. The van der Waals surface area contributed by atoms with E-state index in [0.717, 1.165) is 38.8 Å². The third kappa shape index (κ3) is 2.68. The molecule has 7 heteroatoms. The first kappa shape index (κ1) is 14.8. The van der Waals surface area contributed by atoms with Crippen LogP contribution in [0.4, 0.5) is 11.6 Å². The predicted molar refractivity (Wildman–Crippen MR) is 97.1 cm³/mol. The summed E-state index contributed by atoms with van der Waals surface area (Å²) in [6, 6.07) is 10.2. The highest BCUT2D eigenvalue weighted by atomic mass is 79.9. The van der Waals surface area contributed by atoms with Crippen molar-refractivity contribution in [2.75, 3.05) is 23.7 Å². The lowest BCUT2D eigenvalue weighted by atomic mass is 10.4. The van der Waals surface area contributed by atoms with Gasteiger partial charge in [0.1, 0.15) is 16.1 Å². The van der Waals surface area contributed by atoms with Crippen LogP contribution in [-0.2, 0) is 0 Å². The van der Waals surface area contributed by atoms with Crippen molar-refractivity contribution in [3.05, 3.63) is 41.0 Å². The Morgan fingerprint density at radius 2 is 1.87 bits per heavy atom. The minimum absolute atomic E-state index is 0.594. The maximum absolute atomic E-state index is 6.27. The first-order chi connectivity index (χ1) is 11.2. The van der Waals surface area contributed by atoms with Crippen molar-refractivity contribution in [2.24, 2.45) is 0 Å². The molecule has 3 heterocycles. The number of nitrogens with two attached hydrogens (primary N) is 1. The zero-order valence-electron chi connectivity index (χ0n) is 12.4. The second-order valence-corrected chi connectivity index (χ2v) is 7.40. The van der Waals surface area contributed by atoms with Gasteiger partial charge >= 0.3 is 0 Å². The average Bonchev–Trinajstić information content (AvgIpc) is 3.22. The van der Waals surface area contributed by atoms with E-state index >= 15 is 0 Å². The largest absolute Gasteiger partial charge is 0.383 e. The molecule has 3 aromatic rings. The SMILES string of the molecule is Nc1c(Br)c(N2CCCC2)nc2c(Sc3ccccc3)cnn12. The lowest BCUT2D eigenvalue weighted by Crippen LogP contribution is -2.21. The second-order valence-electron chi connectivity index (χ2n) is 5.49. The summed E-state index contributed by atoms with van der Waals surface area (Å²) in [6.45, 7) is 2.05. The second kappa shape index (κ2) is 6.05. The number of hydrogen-bond donors (Lipinski definition) is 1. The normalized spacial score (nSPS) is 14.7. The number of benzene rings is 1.